The summed E-state index contributed by atoms with van der Waals surface area (Å²) in [5, 5.41) is 12.4. The van der Waals surface area contributed by atoms with Crippen molar-refractivity contribution in [1.82, 2.24) is 10.2 Å². The maximum atomic E-state index is 12.4. The van der Waals surface area contributed by atoms with Crippen molar-refractivity contribution >= 4 is 5.91 Å². The highest BCUT2D eigenvalue weighted by atomic mass is 16.5. The second kappa shape index (κ2) is 7.07. The van der Waals surface area contributed by atoms with Crippen molar-refractivity contribution in [1.29, 1.82) is 0 Å². The Morgan fingerprint density at radius 2 is 1.81 bits per heavy atom. The summed E-state index contributed by atoms with van der Waals surface area (Å²) in [6.45, 7) is 2.12. The Kier molecular flexibility index (Phi) is 5.14. The van der Waals surface area contributed by atoms with Crippen LogP contribution in [0.2, 0.25) is 0 Å². The zero-order chi connectivity index (χ0) is 14.7. The van der Waals surface area contributed by atoms with E-state index in [1.165, 1.54) is 25.7 Å². The minimum atomic E-state index is 0.0805. The normalized spacial score (nSPS) is 33.4. The van der Waals surface area contributed by atoms with Gasteiger partial charge in [-0.1, -0.05) is 0 Å². The summed E-state index contributed by atoms with van der Waals surface area (Å²) in [5.74, 6) is 0.918. The van der Waals surface area contributed by atoms with Crippen molar-refractivity contribution in [3.63, 3.8) is 0 Å². The molecule has 0 spiro atoms. The lowest BCUT2D eigenvalue weighted by atomic mass is 9.89. The summed E-state index contributed by atoms with van der Waals surface area (Å²) in [4.78, 5) is 14.5. The van der Waals surface area contributed by atoms with Crippen LogP contribution in [0.3, 0.4) is 0 Å². The van der Waals surface area contributed by atoms with Crippen molar-refractivity contribution in [2.45, 2.75) is 63.1 Å². The maximum absolute atomic E-state index is 12.4. The molecule has 2 N–H and O–H groups in total. The van der Waals surface area contributed by atoms with Gasteiger partial charge in [0.15, 0.2) is 0 Å². The second-order valence-corrected chi connectivity index (χ2v) is 6.85. The number of carbonyl (C=O) groups excluding carboxylic acids is 1. The molecule has 3 aliphatic rings. The van der Waals surface area contributed by atoms with E-state index in [4.69, 9.17) is 9.84 Å². The molecule has 21 heavy (non-hydrogen) atoms. The molecule has 3 rings (SSSR count). The van der Waals surface area contributed by atoms with E-state index in [0.29, 0.717) is 30.5 Å². The van der Waals surface area contributed by atoms with E-state index in [2.05, 4.69) is 5.32 Å². The minimum Gasteiger partial charge on any atom is -0.394 e. The number of likely N-dealkylation sites (tertiary alicyclic amines) is 1. The van der Waals surface area contributed by atoms with E-state index < -0.39 is 0 Å². The van der Waals surface area contributed by atoms with Crippen molar-refractivity contribution < 1.29 is 14.6 Å². The predicted octanol–water partition coefficient (Wildman–Crippen LogP) is 0.907. The van der Waals surface area contributed by atoms with Gasteiger partial charge in [0.05, 0.1) is 19.3 Å². The molecule has 0 aromatic carbocycles. The predicted molar refractivity (Wildman–Crippen MR) is 79.9 cm³/mol. The average molecular weight is 296 g/mol. The third kappa shape index (κ3) is 3.96. The molecule has 5 heteroatoms. The molecule has 0 radical (unpaired) electrons. The Bertz CT molecular complexity index is 343. The van der Waals surface area contributed by atoms with E-state index in [1.54, 1.807) is 0 Å². The van der Waals surface area contributed by atoms with Crippen LogP contribution in [0, 0.1) is 5.92 Å². The van der Waals surface area contributed by atoms with Crippen LogP contribution in [-0.4, -0.2) is 60.4 Å². The number of piperidine rings is 2. The molecule has 3 saturated heterocycles. The first kappa shape index (κ1) is 15.3. The third-order valence-corrected chi connectivity index (χ3v) is 5.27. The number of carbonyl (C=O) groups is 1. The van der Waals surface area contributed by atoms with Crippen LogP contribution >= 0.6 is 0 Å². The zero-order valence-corrected chi connectivity index (χ0v) is 12.8. The number of ether oxygens (including phenoxy) is 1. The third-order valence-electron chi connectivity index (χ3n) is 5.27. The van der Waals surface area contributed by atoms with Crippen molar-refractivity contribution in [3.8, 4) is 0 Å². The van der Waals surface area contributed by atoms with E-state index in [9.17, 15) is 4.79 Å². The first-order valence-electron chi connectivity index (χ1n) is 8.51. The highest BCUT2D eigenvalue weighted by Crippen LogP contribution is 2.33. The van der Waals surface area contributed by atoms with Gasteiger partial charge < -0.3 is 20.1 Å². The molecule has 0 saturated carbocycles. The number of aliphatic hydroxyl groups is 1. The molecule has 0 aromatic heterocycles. The van der Waals surface area contributed by atoms with Crippen molar-refractivity contribution in [3.05, 3.63) is 0 Å². The van der Waals surface area contributed by atoms with Gasteiger partial charge in [0, 0.05) is 31.6 Å². The van der Waals surface area contributed by atoms with Gasteiger partial charge in [-0.25, -0.2) is 0 Å². The van der Waals surface area contributed by atoms with Gasteiger partial charge in [0.2, 0.25) is 5.91 Å². The zero-order valence-electron chi connectivity index (χ0n) is 12.8. The Balaban J connectivity index is 1.40. The van der Waals surface area contributed by atoms with Gasteiger partial charge in [-0.3, -0.25) is 4.79 Å². The number of nitrogens with zero attached hydrogens (tertiary/aromatic N) is 1. The fraction of sp³-hybridized carbons (Fsp3) is 0.938. The standard InChI is InChI=1S/C16H28N2O3/c19-7-8-21-15-3-5-18(6-4-15)16(20)11-12-9-13-1-2-14(10-12)17-13/h12-15,17,19H,1-11H2. The first-order chi connectivity index (χ1) is 10.2. The molecule has 2 unspecified atom stereocenters. The van der Waals surface area contributed by atoms with E-state index in [1.807, 2.05) is 4.90 Å². The van der Waals surface area contributed by atoms with Crippen LogP contribution in [0.5, 0.6) is 0 Å². The van der Waals surface area contributed by atoms with Gasteiger partial charge in [0.1, 0.15) is 0 Å². The summed E-state index contributed by atoms with van der Waals surface area (Å²) in [5.41, 5.74) is 0. The molecule has 3 heterocycles. The summed E-state index contributed by atoms with van der Waals surface area (Å²) in [6, 6.07) is 1.33. The lowest BCUT2D eigenvalue weighted by molar-refractivity contribution is -0.135. The quantitative estimate of drug-likeness (QED) is 0.791. The van der Waals surface area contributed by atoms with Gasteiger partial charge in [-0.05, 0) is 44.4 Å². The van der Waals surface area contributed by atoms with E-state index in [-0.39, 0.29) is 12.7 Å². The SMILES string of the molecule is O=C(CC1CC2CCC(C1)N2)N1CCC(OCCO)CC1. The van der Waals surface area contributed by atoms with Crippen LogP contribution in [0.15, 0.2) is 0 Å². The Labute approximate surface area is 127 Å². The number of rotatable bonds is 5. The van der Waals surface area contributed by atoms with Crippen LogP contribution < -0.4 is 5.32 Å². The van der Waals surface area contributed by atoms with Crippen LogP contribution in [0.1, 0.15) is 44.9 Å². The van der Waals surface area contributed by atoms with Gasteiger partial charge in [-0.2, -0.15) is 0 Å². The highest BCUT2D eigenvalue weighted by Gasteiger charge is 2.35. The van der Waals surface area contributed by atoms with Gasteiger partial charge in [-0.15, -0.1) is 0 Å². The first-order valence-corrected chi connectivity index (χ1v) is 8.51. The lowest BCUT2D eigenvalue weighted by Gasteiger charge is -2.34. The molecule has 1 amide bonds. The molecule has 2 bridgehead atoms. The largest absolute Gasteiger partial charge is 0.394 e. The molecule has 3 fully saturated rings. The highest BCUT2D eigenvalue weighted by molar-refractivity contribution is 5.76. The number of aliphatic hydroxyl groups excluding tert-OH is 1. The topological polar surface area (TPSA) is 61.8 Å². The lowest BCUT2D eigenvalue weighted by Crippen LogP contribution is -2.43. The number of amides is 1. The fourth-order valence-electron chi connectivity index (χ4n) is 4.21. The van der Waals surface area contributed by atoms with Crippen LogP contribution in [0.25, 0.3) is 0 Å². The molecule has 3 aliphatic heterocycles. The molecule has 2 atom stereocenters. The fourth-order valence-corrected chi connectivity index (χ4v) is 4.21. The second-order valence-electron chi connectivity index (χ2n) is 6.85. The summed E-state index contributed by atoms with van der Waals surface area (Å²) < 4.78 is 5.55. The smallest absolute Gasteiger partial charge is 0.222 e. The van der Waals surface area contributed by atoms with Gasteiger partial charge in [0.25, 0.3) is 0 Å². The summed E-state index contributed by atoms with van der Waals surface area (Å²) in [6.07, 6.45) is 7.71. The summed E-state index contributed by atoms with van der Waals surface area (Å²) >= 11 is 0. The maximum Gasteiger partial charge on any atom is 0.222 e. The number of hydrogen-bond acceptors (Lipinski definition) is 4. The molecule has 0 aromatic rings. The van der Waals surface area contributed by atoms with Gasteiger partial charge >= 0.3 is 0 Å². The minimum absolute atomic E-state index is 0.0805. The average Bonchev–Trinajstić information content (AvgIpc) is 2.84. The molecule has 5 nitrogen and oxygen atoms in total. The summed E-state index contributed by atoms with van der Waals surface area (Å²) in [7, 11) is 0. The number of hydrogen-bond donors (Lipinski definition) is 2. The Morgan fingerprint density at radius 1 is 1.14 bits per heavy atom. The Morgan fingerprint density at radius 3 is 2.43 bits per heavy atom. The van der Waals surface area contributed by atoms with E-state index >= 15 is 0 Å². The van der Waals surface area contributed by atoms with Crippen molar-refractivity contribution in [2.75, 3.05) is 26.3 Å². The van der Waals surface area contributed by atoms with Crippen LogP contribution in [-0.2, 0) is 9.53 Å². The number of nitrogens with one attached hydrogen (secondary N) is 1. The Hall–Kier alpha value is -0.650. The van der Waals surface area contributed by atoms with E-state index in [0.717, 1.165) is 32.4 Å². The number of fused-ring (bicyclic) bond motifs is 2. The molecule has 120 valence electrons. The molecule has 0 aliphatic carbocycles. The molecular formula is C16H28N2O3. The van der Waals surface area contributed by atoms with Crippen molar-refractivity contribution in [2.24, 2.45) is 5.92 Å². The monoisotopic (exact) mass is 296 g/mol. The molecular weight excluding hydrogens is 268 g/mol. The van der Waals surface area contributed by atoms with Crippen LogP contribution in [0.4, 0.5) is 0 Å².